The van der Waals surface area contributed by atoms with Gasteiger partial charge in [-0.2, -0.15) is 0 Å². The van der Waals surface area contributed by atoms with Crippen molar-refractivity contribution in [3.8, 4) is 0 Å². The van der Waals surface area contributed by atoms with Crippen molar-refractivity contribution in [3.05, 3.63) is 53.5 Å². The standard InChI is InChI=1S/C20H25NO3S/c1-14-10-15(2)12-21(11-14)20(22)18-9-8-17(24-18)13-25(23)19-7-5-4-6-16(19)3/h4-9,14-15H,10-13H2,1-3H3/t14-,15+,25-/m1/s1. The summed E-state index contributed by atoms with van der Waals surface area (Å²) >= 11 is 0. The summed E-state index contributed by atoms with van der Waals surface area (Å²) in [6.45, 7) is 7.84. The number of carbonyl (C=O) groups is 1. The average Bonchev–Trinajstić information content (AvgIpc) is 3.02. The van der Waals surface area contributed by atoms with Crippen LogP contribution in [0.25, 0.3) is 0 Å². The highest BCUT2D eigenvalue weighted by molar-refractivity contribution is 7.84. The fourth-order valence-corrected chi connectivity index (χ4v) is 4.80. The SMILES string of the molecule is Cc1ccccc1[S@](=O)Cc1ccc(C(=O)N2C[C@H](C)C[C@H](C)C2)o1. The molecule has 0 unspecified atom stereocenters. The highest BCUT2D eigenvalue weighted by atomic mass is 32.2. The van der Waals surface area contributed by atoms with Crippen LogP contribution in [0.3, 0.4) is 0 Å². The summed E-state index contributed by atoms with van der Waals surface area (Å²) in [5, 5.41) is 0. The van der Waals surface area contributed by atoms with E-state index in [1.54, 1.807) is 12.1 Å². The van der Waals surface area contributed by atoms with Crippen LogP contribution in [0.2, 0.25) is 0 Å². The fraction of sp³-hybridized carbons (Fsp3) is 0.450. The Bertz CT molecular complexity index is 773. The van der Waals surface area contributed by atoms with Crippen molar-refractivity contribution in [3.63, 3.8) is 0 Å². The van der Waals surface area contributed by atoms with Crippen LogP contribution in [0.15, 0.2) is 45.7 Å². The van der Waals surface area contributed by atoms with Gasteiger partial charge in [0.25, 0.3) is 5.91 Å². The summed E-state index contributed by atoms with van der Waals surface area (Å²) in [7, 11) is -1.18. The maximum Gasteiger partial charge on any atom is 0.289 e. The molecule has 0 aliphatic carbocycles. The number of likely N-dealkylation sites (tertiary alicyclic amines) is 1. The van der Waals surface area contributed by atoms with Crippen molar-refractivity contribution in [2.24, 2.45) is 11.8 Å². The summed E-state index contributed by atoms with van der Waals surface area (Å²) in [6, 6.07) is 11.1. The molecule has 1 aliphatic rings. The Morgan fingerprint density at radius 3 is 2.52 bits per heavy atom. The molecule has 2 heterocycles. The van der Waals surface area contributed by atoms with Crippen molar-refractivity contribution in [1.29, 1.82) is 0 Å². The van der Waals surface area contributed by atoms with Gasteiger partial charge in [0, 0.05) is 18.0 Å². The Morgan fingerprint density at radius 1 is 1.16 bits per heavy atom. The van der Waals surface area contributed by atoms with Gasteiger partial charge in [-0.15, -0.1) is 0 Å². The minimum absolute atomic E-state index is 0.0636. The first kappa shape index (κ1) is 17.9. The average molecular weight is 359 g/mol. The molecule has 4 nitrogen and oxygen atoms in total. The number of rotatable bonds is 4. The Labute approximate surface area is 151 Å². The van der Waals surface area contributed by atoms with Gasteiger partial charge >= 0.3 is 0 Å². The van der Waals surface area contributed by atoms with Crippen LogP contribution >= 0.6 is 0 Å². The van der Waals surface area contributed by atoms with Gasteiger partial charge in [-0.3, -0.25) is 9.00 Å². The lowest BCUT2D eigenvalue weighted by molar-refractivity contribution is 0.0590. The molecule has 134 valence electrons. The zero-order valence-corrected chi connectivity index (χ0v) is 15.8. The molecule has 1 amide bonds. The molecular formula is C20H25NO3S. The molecule has 5 heteroatoms. The van der Waals surface area contributed by atoms with E-state index >= 15 is 0 Å². The maximum absolute atomic E-state index is 12.7. The third-order valence-corrected chi connectivity index (χ3v) is 6.14. The third-order valence-electron chi connectivity index (χ3n) is 4.64. The number of nitrogens with zero attached hydrogens (tertiary/aromatic N) is 1. The first-order valence-electron chi connectivity index (χ1n) is 8.76. The Kier molecular flexibility index (Phi) is 5.42. The van der Waals surface area contributed by atoms with Gasteiger partial charge in [0.05, 0.1) is 16.6 Å². The van der Waals surface area contributed by atoms with E-state index in [4.69, 9.17) is 4.42 Å². The zero-order chi connectivity index (χ0) is 18.0. The number of amides is 1. The van der Waals surface area contributed by atoms with E-state index in [1.807, 2.05) is 36.1 Å². The second-order valence-electron chi connectivity index (χ2n) is 7.18. The Balaban J connectivity index is 1.69. The number of benzene rings is 1. The number of hydrogen-bond donors (Lipinski definition) is 0. The normalized spacial score (nSPS) is 22.0. The number of furan rings is 1. The molecule has 1 aromatic heterocycles. The minimum atomic E-state index is -1.18. The molecule has 0 spiro atoms. The fourth-order valence-electron chi connectivity index (χ4n) is 3.57. The van der Waals surface area contributed by atoms with Gasteiger partial charge < -0.3 is 9.32 Å². The second-order valence-corrected chi connectivity index (χ2v) is 8.60. The van der Waals surface area contributed by atoms with E-state index < -0.39 is 10.8 Å². The number of piperidine rings is 1. The van der Waals surface area contributed by atoms with Gasteiger partial charge in [-0.05, 0) is 48.9 Å². The molecule has 3 rings (SSSR count). The van der Waals surface area contributed by atoms with Crippen LogP contribution in [0, 0.1) is 18.8 Å². The van der Waals surface area contributed by atoms with Gasteiger partial charge in [-0.1, -0.05) is 32.0 Å². The molecule has 25 heavy (non-hydrogen) atoms. The lowest BCUT2D eigenvalue weighted by Gasteiger charge is -2.34. The van der Waals surface area contributed by atoms with Crippen LogP contribution in [-0.4, -0.2) is 28.1 Å². The van der Waals surface area contributed by atoms with Crippen LogP contribution in [0.1, 0.15) is 42.1 Å². The zero-order valence-electron chi connectivity index (χ0n) is 15.0. The first-order chi connectivity index (χ1) is 11.9. The van der Waals surface area contributed by atoms with E-state index in [0.29, 0.717) is 23.4 Å². The molecule has 0 saturated carbocycles. The van der Waals surface area contributed by atoms with Crippen LogP contribution < -0.4 is 0 Å². The van der Waals surface area contributed by atoms with Gasteiger partial charge in [-0.25, -0.2) is 0 Å². The van der Waals surface area contributed by atoms with Gasteiger partial charge in [0.15, 0.2) is 5.76 Å². The summed E-state index contributed by atoms with van der Waals surface area (Å²) in [5.74, 6) is 2.17. The van der Waals surface area contributed by atoms with E-state index in [1.165, 1.54) is 0 Å². The van der Waals surface area contributed by atoms with E-state index in [9.17, 15) is 9.00 Å². The van der Waals surface area contributed by atoms with Crippen molar-refractivity contribution in [1.82, 2.24) is 4.90 Å². The number of aryl methyl sites for hydroxylation is 1. The third kappa shape index (κ3) is 4.21. The Morgan fingerprint density at radius 2 is 1.84 bits per heavy atom. The summed E-state index contributed by atoms with van der Waals surface area (Å²) in [4.78, 5) is 15.4. The highest BCUT2D eigenvalue weighted by Gasteiger charge is 2.27. The molecule has 1 saturated heterocycles. The molecule has 3 atom stereocenters. The molecular weight excluding hydrogens is 334 g/mol. The molecule has 1 fully saturated rings. The van der Waals surface area contributed by atoms with Crippen LogP contribution in [0.4, 0.5) is 0 Å². The first-order valence-corrected chi connectivity index (χ1v) is 10.1. The summed E-state index contributed by atoms with van der Waals surface area (Å²) in [5.41, 5.74) is 1.000. The van der Waals surface area contributed by atoms with Gasteiger partial charge in [0.2, 0.25) is 0 Å². The lowest BCUT2D eigenvalue weighted by Crippen LogP contribution is -2.42. The smallest absolute Gasteiger partial charge is 0.289 e. The second kappa shape index (κ2) is 7.56. The van der Waals surface area contributed by atoms with Crippen molar-refractivity contribution >= 4 is 16.7 Å². The topological polar surface area (TPSA) is 50.5 Å². The molecule has 2 aromatic rings. The van der Waals surface area contributed by atoms with E-state index in [2.05, 4.69) is 13.8 Å². The summed E-state index contributed by atoms with van der Waals surface area (Å²) in [6.07, 6.45) is 1.16. The molecule has 1 aromatic carbocycles. The molecule has 0 radical (unpaired) electrons. The van der Waals surface area contributed by atoms with E-state index in [0.717, 1.165) is 30.0 Å². The number of hydrogen-bond acceptors (Lipinski definition) is 3. The quantitative estimate of drug-likeness (QED) is 0.829. The summed E-state index contributed by atoms with van der Waals surface area (Å²) < 4.78 is 18.3. The van der Waals surface area contributed by atoms with Gasteiger partial charge in [0.1, 0.15) is 5.76 Å². The van der Waals surface area contributed by atoms with Crippen molar-refractivity contribution < 1.29 is 13.4 Å². The van der Waals surface area contributed by atoms with Crippen molar-refractivity contribution in [2.75, 3.05) is 13.1 Å². The van der Waals surface area contributed by atoms with Crippen LogP contribution in [-0.2, 0) is 16.6 Å². The predicted molar refractivity (Wildman–Crippen MR) is 98.8 cm³/mol. The lowest BCUT2D eigenvalue weighted by atomic mass is 9.92. The number of carbonyl (C=O) groups excluding carboxylic acids is 1. The highest BCUT2D eigenvalue weighted by Crippen LogP contribution is 2.24. The minimum Gasteiger partial charge on any atom is -0.455 e. The molecule has 0 bridgehead atoms. The largest absolute Gasteiger partial charge is 0.455 e. The maximum atomic E-state index is 12.7. The monoisotopic (exact) mass is 359 g/mol. The predicted octanol–water partition coefficient (Wildman–Crippen LogP) is 4.01. The molecule has 0 N–H and O–H groups in total. The Hall–Kier alpha value is -1.88. The van der Waals surface area contributed by atoms with E-state index in [-0.39, 0.29) is 11.7 Å². The van der Waals surface area contributed by atoms with Crippen LogP contribution in [0.5, 0.6) is 0 Å². The molecule has 1 aliphatic heterocycles. The van der Waals surface area contributed by atoms with Crippen molar-refractivity contribution in [2.45, 2.75) is 37.8 Å².